The summed E-state index contributed by atoms with van der Waals surface area (Å²) in [6.07, 6.45) is 11.5. The average Bonchev–Trinajstić information content (AvgIpc) is 3.34. The maximum absolute atomic E-state index is 14.2. The molecule has 5 aliphatic carbocycles. The van der Waals surface area contributed by atoms with Gasteiger partial charge in [0.1, 0.15) is 11.6 Å². The Morgan fingerprint density at radius 2 is 1.71 bits per heavy atom. The molecule has 5 heteroatoms. The number of hydrogen-bond acceptors (Lipinski definition) is 3. The maximum atomic E-state index is 14.2. The summed E-state index contributed by atoms with van der Waals surface area (Å²) in [6.45, 7) is 4.55. The van der Waals surface area contributed by atoms with Gasteiger partial charge in [0.05, 0.1) is 17.8 Å². The van der Waals surface area contributed by atoms with Gasteiger partial charge in [-0.05, 0) is 124 Å². The van der Waals surface area contributed by atoms with E-state index in [9.17, 15) is 18.7 Å². The van der Waals surface area contributed by atoms with Crippen molar-refractivity contribution >= 4 is 11.5 Å². The molecule has 5 fully saturated rings. The number of benzene rings is 1. The van der Waals surface area contributed by atoms with Crippen LogP contribution in [0.4, 0.5) is 14.5 Å². The molecule has 2 N–H and O–H groups in total. The highest BCUT2D eigenvalue weighted by Crippen LogP contribution is 2.70. The van der Waals surface area contributed by atoms with Gasteiger partial charge >= 0.3 is 0 Å². The molecule has 0 spiro atoms. The summed E-state index contributed by atoms with van der Waals surface area (Å²) in [4.78, 5) is 13.8. The number of fused-ring (bicyclic) bond motifs is 7. The average molecular weight is 486 g/mol. The van der Waals surface area contributed by atoms with Gasteiger partial charge in [0.2, 0.25) is 0 Å². The van der Waals surface area contributed by atoms with Gasteiger partial charge in [-0.3, -0.25) is 4.79 Å². The Hall–Kier alpha value is -1.49. The molecule has 0 amide bonds. The van der Waals surface area contributed by atoms with Gasteiger partial charge in [-0.15, -0.1) is 0 Å². The van der Waals surface area contributed by atoms with Crippen molar-refractivity contribution < 1.29 is 18.7 Å². The molecule has 0 bridgehead atoms. The molecule has 0 aromatic heterocycles. The Kier molecular flexibility index (Phi) is 5.82. The Morgan fingerprint density at radius 1 is 0.971 bits per heavy atom. The lowest BCUT2D eigenvalue weighted by atomic mass is 9.48. The van der Waals surface area contributed by atoms with Gasteiger partial charge in [-0.1, -0.05) is 13.3 Å². The molecule has 10 atom stereocenters. The lowest BCUT2D eigenvalue weighted by molar-refractivity contribution is -0.133. The van der Waals surface area contributed by atoms with Crippen LogP contribution in [-0.4, -0.2) is 23.0 Å². The van der Waals surface area contributed by atoms with Crippen LogP contribution in [0.15, 0.2) is 18.2 Å². The molecule has 5 aliphatic rings. The van der Waals surface area contributed by atoms with Gasteiger partial charge in [0.15, 0.2) is 5.78 Å². The van der Waals surface area contributed by atoms with Crippen molar-refractivity contribution in [2.75, 3.05) is 11.9 Å². The minimum Gasteiger partial charge on any atom is -0.390 e. The summed E-state index contributed by atoms with van der Waals surface area (Å²) in [5.41, 5.74) is -0.253. The molecule has 1 aromatic carbocycles. The summed E-state index contributed by atoms with van der Waals surface area (Å²) in [5, 5.41) is 13.7. The molecule has 5 saturated carbocycles. The molecule has 0 aliphatic heterocycles. The lowest BCUT2D eigenvalue weighted by Crippen LogP contribution is -2.52. The number of rotatable bonds is 4. The van der Waals surface area contributed by atoms with E-state index < -0.39 is 17.2 Å². The largest absolute Gasteiger partial charge is 0.390 e. The van der Waals surface area contributed by atoms with Gasteiger partial charge in [0, 0.05) is 12.0 Å². The minimum absolute atomic E-state index is 0.0318. The highest BCUT2D eigenvalue weighted by atomic mass is 19.1. The number of aliphatic hydroxyl groups is 1. The van der Waals surface area contributed by atoms with E-state index in [1.165, 1.54) is 44.2 Å². The standard InChI is InChI=1S/C30H41F2NO2/c1-29(35)12-10-19-17(15-29)6-8-23-20(19)11-13-30(2)27(23)21-4-3-5-22(21)28(30)26(34)16-33-25-9-7-18(31)14-24(25)32/h7,9,14,17,19-23,27-28,33,35H,3-6,8,10-13,15-16H2,1-2H3/t17?,19-,20+,21+,22-,23?,27?,28+,29+,30-/m0/s1. The first-order valence-electron chi connectivity index (χ1n) is 14.1. The van der Waals surface area contributed by atoms with Crippen LogP contribution in [0.3, 0.4) is 0 Å². The summed E-state index contributed by atoms with van der Waals surface area (Å²) in [7, 11) is 0. The quantitative estimate of drug-likeness (QED) is 0.505. The molecule has 35 heavy (non-hydrogen) atoms. The zero-order chi connectivity index (χ0) is 24.5. The molecule has 3 nitrogen and oxygen atoms in total. The molecule has 1 aromatic rings. The predicted molar refractivity (Wildman–Crippen MR) is 133 cm³/mol. The number of hydrogen-bond donors (Lipinski definition) is 2. The Morgan fingerprint density at radius 3 is 2.51 bits per heavy atom. The summed E-state index contributed by atoms with van der Waals surface area (Å²) in [5.74, 6) is 3.62. The molecule has 6 rings (SSSR count). The van der Waals surface area contributed by atoms with Gasteiger partial charge < -0.3 is 10.4 Å². The Balaban J connectivity index is 1.23. The van der Waals surface area contributed by atoms with Crippen molar-refractivity contribution in [1.29, 1.82) is 0 Å². The third kappa shape index (κ3) is 3.86. The Labute approximate surface area is 208 Å². The van der Waals surface area contributed by atoms with Crippen molar-refractivity contribution in [3.8, 4) is 0 Å². The lowest BCUT2D eigenvalue weighted by Gasteiger charge is -2.57. The van der Waals surface area contributed by atoms with Crippen LogP contribution in [0.25, 0.3) is 0 Å². The highest BCUT2D eigenvalue weighted by Gasteiger charge is 2.65. The van der Waals surface area contributed by atoms with Crippen molar-refractivity contribution in [2.45, 2.75) is 83.7 Å². The van der Waals surface area contributed by atoms with Crippen LogP contribution >= 0.6 is 0 Å². The first kappa shape index (κ1) is 23.9. The van der Waals surface area contributed by atoms with Gasteiger partial charge in [0.25, 0.3) is 0 Å². The van der Waals surface area contributed by atoms with Crippen LogP contribution in [0.1, 0.15) is 78.1 Å². The smallest absolute Gasteiger partial charge is 0.155 e. The SMILES string of the molecule is C[C@@]1(O)CC[C@H]2C(CCC3C4[C@@H]5CCC[C@@H]5[C@H](C(=O)CNc5ccc(F)cc5F)[C@@]4(C)CC[C@@H]32)C1. The third-order valence-corrected chi connectivity index (χ3v) is 11.5. The van der Waals surface area contributed by atoms with E-state index in [-0.39, 0.29) is 29.3 Å². The fraction of sp³-hybridized carbons (Fsp3) is 0.767. The molecule has 3 unspecified atom stereocenters. The number of carbonyl (C=O) groups excluding carboxylic acids is 1. The summed E-state index contributed by atoms with van der Waals surface area (Å²) in [6, 6.07) is 3.49. The summed E-state index contributed by atoms with van der Waals surface area (Å²) >= 11 is 0. The molecular formula is C30H41F2NO2. The van der Waals surface area contributed by atoms with Crippen molar-refractivity contribution in [3.63, 3.8) is 0 Å². The van der Waals surface area contributed by atoms with E-state index in [0.717, 1.165) is 50.0 Å². The fourth-order valence-electron chi connectivity index (χ4n) is 10.4. The van der Waals surface area contributed by atoms with E-state index in [0.29, 0.717) is 29.6 Å². The van der Waals surface area contributed by atoms with Gasteiger partial charge in [-0.25, -0.2) is 8.78 Å². The minimum atomic E-state index is -0.643. The van der Waals surface area contributed by atoms with Gasteiger partial charge in [-0.2, -0.15) is 0 Å². The van der Waals surface area contributed by atoms with Crippen LogP contribution in [0.5, 0.6) is 0 Å². The number of carbonyl (C=O) groups is 1. The van der Waals surface area contributed by atoms with Crippen molar-refractivity contribution in [1.82, 2.24) is 0 Å². The molecule has 0 radical (unpaired) electrons. The normalized spacial score (nSPS) is 46.3. The monoisotopic (exact) mass is 485 g/mol. The van der Waals surface area contributed by atoms with Crippen molar-refractivity contribution in [2.24, 2.45) is 52.8 Å². The van der Waals surface area contributed by atoms with Crippen LogP contribution in [-0.2, 0) is 4.79 Å². The third-order valence-electron chi connectivity index (χ3n) is 11.5. The van der Waals surface area contributed by atoms with E-state index in [1.807, 2.05) is 6.92 Å². The van der Waals surface area contributed by atoms with Crippen LogP contribution in [0, 0.1) is 64.4 Å². The first-order valence-corrected chi connectivity index (χ1v) is 14.1. The molecule has 0 saturated heterocycles. The highest BCUT2D eigenvalue weighted by molar-refractivity contribution is 5.86. The topological polar surface area (TPSA) is 49.3 Å². The maximum Gasteiger partial charge on any atom is 0.155 e. The van der Waals surface area contributed by atoms with Crippen molar-refractivity contribution in [3.05, 3.63) is 29.8 Å². The molecular weight excluding hydrogens is 444 g/mol. The first-order chi connectivity index (χ1) is 16.7. The van der Waals surface area contributed by atoms with E-state index in [2.05, 4.69) is 12.2 Å². The second-order valence-electron chi connectivity index (χ2n) is 13.3. The Bertz CT molecular complexity index is 995. The van der Waals surface area contributed by atoms with E-state index >= 15 is 0 Å². The zero-order valence-electron chi connectivity index (χ0n) is 21.2. The van der Waals surface area contributed by atoms with E-state index in [4.69, 9.17) is 0 Å². The zero-order valence-corrected chi connectivity index (χ0v) is 21.2. The molecule has 192 valence electrons. The number of Topliss-reactive ketones (excluding diaryl/α,β-unsaturated/α-hetero) is 1. The number of nitrogens with one attached hydrogen (secondary N) is 1. The molecule has 0 heterocycles. The second-order valence-corrected chi connectivity index (χ2v) is 13.3. The summed E-state index contributed by atoms with van der Waals surface area (Å²) < 4.78 is 27.5. The predicted octanol–water partition coefficient (Wildman–Crippen LogP) is 6.60. The van der Waals surface area contributed by atoms with Crippen LogP contribution < -0.4 is 5.32 Å². The number of ketones is 1. The number of halogens is 2. The second kappa shape index (κ2) is 8.53. The van der Waals surface area contributed by atoms with Crippen LogP contribution in [0.2, 0.25) is 0 Å². The fourth-order valence-corrected chi connectivity index (χ4v) is 10.4. The number of anilines is 1. The van der Waals surface area contributed by atoms with E-state index in [1.54, 1.807) is 0 Å².